The molecular formula is C18H22N2O. The first-order valence-electron chi connectivity index (χ1n) is 7.34. The Kier molecular flexibility index (Phi) is 5.38. The van der Waals surface area contributed by atoms with Crippen molar-refractivity contribution < 1.29 is 4.79 Å². The molecule has 0 spiro atoms. The van der Waals surface area contributed by atoms with Crippen molar-refractivity contribution in [1.82, 2.24) is 5.32 Å². The van der Waals surface area contributed by atoms with Gasteiger partial charge in [0.15, 0.2) is 0 Å². The predicted molar refractivity (Wildman–Crippen MR) is 87.3 cm³/mol. The zero-order valence-electron chi connectivity index (χ0n) is 12.6. The summed E-state index contributed by atoms with van der Waals surface area (Å²) in [7, 11) is 1.66. The van der Waals surface area contributed by atoms with E-state index in [-0.39, 0.29) is 11.9 Å². The van der Waals surface area contributed by atoms with Gasteiger partial charge in [0.05, 0.1) is 12.5 Å². The molecule has 0 aliphatic heterocycles. The zero-order chi connectivity index (χ0) is 15.1. The maximum Gasteiger partial charge on any atom is 0.224 e. The Morgan fingerprint density at radius 2 is 1.71 bits per heavy atom. The molecule has 110 valence electrons. The minimum Gasteiger partial charge on any atom is -0.378 e. The average molecular weight is 282 g/mol. The fourth-order valence-corrected chi connectivity index (χ4v) is 2.37. The zero-order valence-corrected chi connectivity index (χ0v) is 12.6. The van der Waals surface area contributed by atoms with Crippen LogP contribution >= 0.6 is 0 Å². The average Bonchev–Trinajstić information content (AvgIpc) is 2.54. The fourth-order valence-electron chi connectivity index (χ4n) is 2.37. The smallest absolute Gasteiger partial charge is 0.224 e. The van der Waals surface area contributed by atoms with Gasteiger partial charge in [0.1, 0.15) is 0 Å². The Hall–Kier alpha value is -2.29. The maximum atomic E-state index is 11.6. The Balaban J connectivity index is 2.20. The van der Waals surface area contributed by atoms with E-state index < -0.39 is 0 Å². The van der Waals surface area contributed by atoms with Crippen molar-refractivity contribution in [3.8, 4) is 0 Å². The summed E-state index contributed by atoms with van der Waals surface area (Å²) in [6.45, 7) is 2.16. The highest BCUT2D eigenvalue weighted by atomic mass is 16.1. The van der Waals surface area contributed by atoms with Crippen LogP contribution in [0.25, 0.3) is 0 Å². The first-order valence-corrected chi connectivity index (χ1v) is 7.34. The van der Waals surface area contributed by atoms with E-state index in [9.17, 15) is 4.79 Å². The molecule has 0 bridgehead atoms. The van der Waals surface area contributed by atoms with Gasteiger partial charge in [-0.2, -0.15) is 0 Å². The topological polar surface area (TPSA) is 41.1 Å². The van der Waals surface area contributed by atoms with Crippen LogP contribution in [0.15, 0.2) is 54.6 Å². The molecule has 21 heavy (non-hydrogen) atoms. The third-order valence-corrected chi connectivity index (χ3v) is 3.59. The van der Waals surface area contributed by atoms with Crippen LogP contribution in [0.5, 0.6) is 0 Å². The minimum atomic E-state index is 0.0250. The number of benzene rings is 2. The summed E-state index contributed by atoms with van der Waals surface area (Å²) in [5, 5.41) is 6.24. The highest BCUT2D eigenvalue weighted by Crippen LogP contribution is 2.25. The van der Waals surface area contributed by atoms with Crippen LogP contribution < -0.4 is 10.6 Å². The summed E-state index contributed by atoms with van der Waals surface area (Å²) < 4.78 is 0. The standard InChI is InChI=1S/C18H22N2O/c1-3-16(14-9-5-4-6-10-14)20-17-12-8-7-11-15(17)13-18(21)19-2/h4-12,16,20H,3,13H2,1-2H3,(H,19,21). The van der Waals surface area contributed by atoms with Gasteiger partial charge in [-0.05, 0) is 23.6 Å². The van der Waals surface area contributed by atoms with Crippen LogP contribution in [0.1, 0.15) is 30.5 Å². The molecule has 0 aliphatic carbocycles. The lowest BCUT2D eigenvalue weighted by Crippen LogP contribution is -2.21. The van der Waals surface area contributed by atoms with Gasteiger partial charge in [-0.1, -0.05) is 55.5 Å². The third kappa shape index (κ3) is 4.09. The molecule has 2 aromatic carbocycles. The van der Waals surface area contributed by atoms with Gasteiger partial charge in [0.2, 0.25) is 5.91 Å². The Morgan fingerprint density at radius 1 is 1.05 bits per heavy atom. The van der Waals surface area contributed by atoms with E-state index in [1.165, 1.54) is 5.56 Å². The largest absolute Gasteiger partial charge is 0.378 e. The number of rotatable bonds is 6. The summed E-state index contributed by atoms with van der Waals surface area (Å²) in [5.41, 5.74) is 3.30. The van der Waals surface area contributed by atoms with Gasteiger partial charge >= 0.3 is 0 Å². The second kappa shape index (κ2) is 7.48. The molecule has 2 N–H and O–H groups in total. The summed E-state index contributed by atoms with van der Waals surface area (Å²) in [6.07, 6.45) is 1.38. The molecule has 2 rings (SSSR count). The number of carbonyl (C=O) groups is 1. The molecule has 0 saturated carbocycles. The lowest BCUT2D eigenvalue weighted by Gasteiger charge is -2.21. The molecule has 1 unspecified atom stereocenters. The van der Waals surface area contributed by atoms with Gasteiger partial charge < -0.3 is 10.6 Å². The summed E-state index contributed by atoms with van der Waals surface area (Å²) in [4.78, 5) is 11.6. The van der Waals surface area contributed by atoms with Crippen molar-refractivity contribution >= 4 is 11.6 Å². The molecule has 0 radical (unpaired) electrons. The highest BCUT2D eigenvalue weighted by Gasteiger charge is 2.12. The van der Waals surface area contributed by atoms with Crippen molar-refractivity contribution in [3.63, 3.8) is 0 Å². The van der Waals surface area contributed by atoms with Crippen LogP contribution in [-0.4, -0.2) is 13.0 Å². The molecule has 3 heteroatoms. The summed E-state index contributed by atoms with van der Waals surface area (Å²) >= 11 is 0. The van der Waals surface area contributed by atoms with E-state index in [1.54, 1.807) is 7.05 Å². The Labute approximate surface area is 126 Å². The molecule has 0 aliphatic rings. The van der Waals surface area contributed by atoms with E-state index in [0.29, 0.717) is 6.42 Å². The molecule has 1 amide bonds. The lowest BCUT2D eigenvalue weighted by atomic mass is 10.0. The number of amides is 1. The number of nitrogens with one attached hydrogen (secondary N) is 2. The SMILES string of the molecule is CCC(Nc1ccccc1CC(=O)NC)c1ccccc1. The number of anilines is 1. The second-order valence-corrected chi connectivity index (χ2v) is 5.02. The predicted octanol–water partition coefficient (Wildman–Crippen LogP) is 3.54. The van der Waals surface area contributed by atoms with Crippen LogP contribution in [0.3, 0.4) is 0 Å². The minimum absolute atomic E-state index is 0.0250. The number of carbonyl (C=O) groups excluding carboxylic acids is 1. The number of hydrogen-bond donors (Lipinski definition) is 2. The van der Waals surface area contributed by atoms with Gasteiger partial charge in [-0.15, -0.1) is 0 Å². The Bertz CT molecular complexity index is 581. The van der Waals surface area contributed by atoms with Gasteiger partial charge in [-0.3, -0.25) is 4.79 Å². The first kappa shape index (κ1) is 15.1. The number of hydrogen-bond acceptors (Lipinski definition) is 2. The quantitative estimate of drug-likeness (QED) is 0.851. The van der Waals surface area contributed by atoms with Crippen molar-refractivity contribution in [2.24, 2.45) is 0 Å². The van der Waals surface area contributed by atoms with Crippen molar-refractivity contribution in [2.45, 2.75) is 25.8 Å². The van der Waals surface area contributed by atoms with Gasteiger partial charge in [0, 0.05) is 12.7 Å². The van der Waals surface area contributed by atoms with E-state index in [0.717, 1.165) is 17.7 Å². The van der Waals surface area contributed by atoms with E-state index in [1.807, 2.05) is 30.3 Å². The number of para-hydroxylation sites is 1. The van der Waals surface area contributed by atoms with Gasteiger partial charge in [-0.25, -0.2) is 0 Å². The maximum absolute atomic E-state index is 11.6. The van der Waals surface area contributed by atoms with Crippen LogP contribution in [0.2, 0.25) is 0 Å². The molecule has 0 heterocycles. The summed E-state index contributed by atoms with van der Waals surface area (Å²) in [5.74, 6) is 0.0250. The summed E-state index contributed by atoms with van der Waals surface area (Å²) in [6, 6.07) is 18.6. The number of likely N-dealkylation sites (N-methyl/N-ethyl adjacent to an activating group) is 1. The molecule has 3 nitrogen and oxygen atoms in total. The highest BCUT2D eigenvalue weighted by molar-refractivity contribution is 5.80. The molecular weight excluding hydrogens is 260 g/mol. The second-order valence-electron chi connectivity index (χ2n) is 5.02. The van der Waals surface area contributed by atoms with E-state index >= 15 is 0 Å². The van der Waals surface area contributed by atoms with Crippen LogP contribution in [0, 0.1) is 0 Å². The van der Waals surface area contributed by atoms with Crippen molar-refractivity contribution in [3.05, 3.63) is 65.7 Å². The van der Waals surface area contributed by atoms with E-state index in [2.05, 4.69) is 41.8 Å². The molecule has 0 saturated heterocycles. The molecule has 0 aromatic heterocycles. The van der Waals surface area contributed by atoms with Crippen LogP contribution in [-0.2, 0) is 11.2 Å². The van der Waals surface area contributed by atoms with Crippen molar-refractivity contribution in [2.75, 3.05) is 12.4 Å². The lowest BCUT2D eigenvalue weighted by molar-refractivity contribution is -0.119. The molecule has 2 aromatic rings. The third-order valence-electron chi connectivity index (χ3n) is 3.59. The van der Waals surface area contributed by atoms with Crippen molar-refractivity contribution in [1.29, 1.82) is 0 Å². The van der Waals surface area contributed by atoms with Gasteiger partial charge in [0.25, 0.3) is 0 Å². The van der Waals surface area contributed by atoms with E-state index in [4.69, 9.17) is 0 Å². The first-order chi connectivity index (χ1) is 10.2. The fraction of sp³-hybridized carbons (Fsp3) is 0.278. The Morgan fingerprint density at radius 3 is 2.38 bits per heavy atom. The molecule has 0 fully saturated rings. The normalized spacial score (nSPS) is 11.7. The van der Waals surface area contributed by atoms with Crippen LogP contribution in [0.4, 0.5) is 5.69 Å². The monoisotopic (exact) mass is 282 g/mol. The molecule has 1 atom stereocenters.